The Bertz CT molecular complexity index is 807. The molecule has 1 fully saturated rings. The number of furan rings is 1. The van der Waals surface area contributed by atoms with E-state index in [0.717, 1.165) is 43.3 Å². The van der Waals surface area contributed by atoms with Crippen molar-refractivity contribution in [3.8, 4) is 17.4 Å². The van der Waals surface area contributed by atoms with Crippen molar-refractivity contribution < 1.29 is 9.32 Å². The maximum atomic E-state index is 8.69. The van der Waals surface area contributed by atoms with Gasteiger partial charge in [-0.05, 0) is 30.3 Å². The van der Waals surface area contributed by atoms with Crippen LogP contribution in [0.1, 0.15) is 12.2 Å². The maximum Gasteiger partial charge on any atom is 0.162 e. The first-order chi connectivity index (χ1) is 12.1. The van der Waals surface area contributed by atoms with Gasteiger partial charge in [0.15, 0.2) is 5.76 Å². The van der Waals surface area contributed by atoms with Crippen molar-refractivity contribution in [2.45, 2.75) is 6.42 Å². The lowest BCUT2D eigenvalue weighted by molar-refractivity contribution is -0.903. The third-order valence-corrected chi connectivity index (χ3v) is 5.57. The van der Waals surface area contributed by atoms with E-state index in [4.69, 9.17) is 45.1 Å². The Morgan fingerprint density at radius 1 is 1.20 bits per heavy atom. The second-order valence-corrected chi connectivity index (χ2v) is 7.19. The number of thiocarbonyl (C=S) groups is 1. The lowest BCUT2D eigenvalue weighted by Crippen LogP contribution is -3.14. The van der Waals surface area contributed by atoms with Crippen molar-refractivity contribution in [1.82, 2.24) is 4.90 Å². The maximum absolute atomic E-state index is 8.69. The molecule has 0 amide bonds. The SMILES string of the molecule is N#CCC[NH+]1CCN(C(=S)c2ccc(-c3ccc(Cl)c(Cl)c3)o2)CC1. The second-order valence-electron chi connectivity index (χ2n) is 5.99. The van der Waals surface area contributed by atoms with Crippen LogP contribution in [0.15, 0.2) is 34.7 Å². The molecule has 1 N–H and O–H groups in total. The minimum absolute atomic E-state index is 0.496. The Morgan fingerprint density at radius 3 is 2.64 bits per heavy atom. The average molecular weight is 395 g/mol. The summed E-state index contributed by atoms with van der Waals surface area (Å²) < 4.78 is 5.94. The lowest BCUT2D eigenvalue weighted by Gasteiger charge is -2.32. The van der Waals surface area contributed by atoms with E-state index in [2.05, 4.69) is 11.0 Å². The Kier molecular flexibility index (Phi) is 5.98. The highest BCUT2D eigenvalue weighted by atomic mass is 35.5. The molecule has 1 aromatic carbocycles. The lowest BCUT2D eigenvalue weighted by atomic mass is 10.2. The van der Waals surface area contributed by atoms with Crippen LogP contribution in [0.3, 0.4) is 0 Å². The normalized spacial score (nSPS) is 15.2. The number of hydrogen-bond donors (Lipinski definition) is 1. The Labute approximate surface area is 162 Å². The number of nitriles is 1. The third kappa shape index (κ3) is 4.34. The van der Waals surface area contributed by atoms with Crippen LogP contribution in [0.25, 0.3) is 11.3 Å². The van der Waals surface area contributed by atoms with Crippen molar-refractivity contribution in [2.75, 3.05) is 32.7 Å². The number of quaternary nitrogens is 1. The van der Waals surface area contributed by atoms with Gasteiger partial charge >= 0.3 is 0 Å². The van der Waals surface area contributed by atoms with E-state index >= 15 is 0 Å². The molecule has 2 aromatic rings. The standard InChI is InChI=1S/C18H17Cl2N3OS/c19-14-3-2-13(12-15(14)20)16-4-5-17(24-16)18(25)23-10-8-22(9-11-23)7-1-6-21/h2-5,12H,1,7-11H2/p+1. The fourth-order valence-electron chi connectivity index (χ4n) is 2.92. The van der Waals surface area contributed by atoms with E-state index in [1.165, 1.54) is 4.90 Å². The molecule has 0 spiro atoms. The molecular formula is C18H18Cl2N3OS+. The van der Waals surface area contributed by atoms with Gasteiger partial charge in [0.2, 0.25) is 0 Å². The summed E-state index contributed by atoms with van der Waals surface area (Å²) in [5, 5.41) is 9.71. The zero-order valence-corrected chi connectivity index (χ0v) is 15.9. The van der Waals surface area contributed by atoms with Gasteiger partial charge in [0.1, 0.15) is 10.7 Å². The molecule has 3 rings (SSSR count). The summed E-state index contributed by atoms with van der Waals surface area (Å²) in [6.07, 6.45) is 0.602. The van der Waals surface area contributed by atoms with Crippen LogP contribution >= 0.6 is 35.4 Å². The molecule has 2 heterocycles. The first kappa shape index (κ1) is 18.2. The van der Waals surface area contributed by atoms with Crippen LogP contribution in [0.5, 0.6) is 0 Å². The molecule has 1 aromatic heterocycles. The number of rotatable bonds is 4. The van der Waals surface area contributed by atoms with Crippen LogP contribution in [0.2, 0.25) is 10.0 Å². The molecule has 0 atom stereocenters. The molecular weight excluding hydrogens is 377 g/mol. The molecule has 0 saturated carbocycles. The molecule has 0 radical (unpaired) electrons. The first-order valence-corrected chi connectivity index (χ1v) is 9.30. The smallest absolute Gasteiger partial charge is 0.162 e. The van der Waals surface area contributed by atoms with E-state index < -0.39 is 0 Å². The van der Waals surface area contributed by atoms with Gasteiger partial charge in [0.25, 0.3) is 0 Å². The summed E-state index contributed by atoms with van der Waals surface area (Å²) in [6, 6.07) is 11.4. The van der Waals surface area contributed by atoms with Crippen molar-refractivity contribution >= 4 is 40.4 Å². The summed E-state index contributed by atoms with van der Waals surface area (Å²) in [5.41, 5.74) is 0.870. The van der Waals surface area contributed by atoms with Gasteiger partial charge in [-0.25, -0.2) is 0 Å². The minimum atomic E-state index is 0.496. The molecule has 0 unspecified atom stereocenters. The molecule has 1 aliphatic rings. The van der Waals surface area contributed by atoms with Gasteiger partial charge in [-0.1, -0.05) is 35.4 Å². The highest BCUT2D eigenvalue weighted by Crippen LogP contribution is 2.29. The molecule has 4 nitrogen and oxygen atoms in total. The van der Waals surface area contributed by atoms with Crippen LogP contribution in [-0.2, 0) is 0 Å². The van der Waals surface area contributed by atoms with Gasteiger partial charge in [-0.2, -0.15) is 5.26 Å². The van der Waals surface area contributed by atoms with E-state index in [1.54, 1.807) is 12.1 Å². The van der Waals surface area contributed by atoms with Gasteiger partial charge in [0, 0.05) is 5.56 Å². The van der Waals surface area contributed by atoms with E-state index in [9.17, 15) is 0 Å². The van der Waals surface area contributed by atoms with Gasteiger partial charge in [0.05, 0.1) is 55.3 Å². The Morgan fingerprint density at radius 2 is 1.96 bits per heavy atom. The third-order valence-electron chi connectivity index (χ3n) is 4.37. The largest absolute Gasteiger partial charge is 0.454 e. The van der Waals surface area contributed by atoms with Crippen LogP contribution < -0.4 is 4.90 Å². The quantitative estimate of drug-likeness (QED) is 0.809. The summed E-state index contributed by atoms with van der Waals surface area (Å²) >= 11 is 17.6. The van der Waals surface area contributed by atoms with Crippen LogP contribution in [0.4, 0.5) is 0 Å². The summed E-state index contributed by atoms with van der Waals surface area (Å²) in [5.74, 6) is 1.41. The number of benzene rings is 1. The topological polar surface area (TPSA) is 44.6 Å². The number of hydrogen-bond acceptors (Lipinski definition) is 3. The fraction of sp³-hybridized carbons (Fsp3) is 0.333. The first-order valence-electron chi connectivity index (χ1n) is 8.13. The van der Waals surface area contributed by atoms with E-state index in [0.29, 0.717) is 28.0 Å². The fourth-order valence-corrected chi connectivity index (χ4v) is 3.51. The van der Waals surface area contributed by atoms with Crippen molar-refractivity contribution in [3.05, 3.63) is 46.1 Å². The van der Waals surface area contributed by atoms with Crippen LogP contribution in [-0.4, -0.2) is 42.6 Å². The summed E-state index contributed by atoms with van der Waals surface area (Å²) in [6.45, 7) is 4.63. The Balaban J connectivity index is 1.65. The molecule has 7 heteroatoms. The molecule has 25 heavy (non-hydrogen) atoms. The summed E-state index contributed by atoms with van der Waals surface area (Å²) in [4.78, 5) is 4.35. The van der Waals surface area contributed by atoms with Gasteiger partial charge < -0.3 is 14.2 Å². The molecule has 0 aliphatic carbocycles. The molecule has 1 aliphatic heterocycles. The molecule has 0 bridgehead atoms. The van der Waals surface area contributed by atoms with Crippen molar-refractivity contribution in [1.29, 1.82) is 5.26 Å². The van der Waals surface area contributed by atoms with E-state index in [1.807, 2.05) is 18.2 Å². The Hall–Kier alpha value is -1.58. The van der Waals surface area contributed by atoms with Crippen molar-refractivity contribution in [3.63, 3.8) is 0 Å². The van der Waals surface area contributed by atoms with Crippen LogP contribution in [0, 0.1) is 11.3 Å². The monoisotopic (exact) mass is 394 g/mol. The number of halogens is 2. The summed E-state index contributed by atoms with van der Waals surface area (Å²) in [7, 11) is 0. The van der Waals surface area contributed by atoms with Gasteiger partial charge in [-0.3, -0.25) is 0 Å². The number of nitrogens with zero attached hydrogens (tertiary/aromatic N) is 2. The predicted molar refractivity (Wildman–Crippen MR) is 103 cm³/mol. The predicted octanol–water partition coefficient (Wildman–Crippen LogP) is 3.04. The van der Waals surface area contributed by atoms with E-state index in [-0.39, 0.29) is 0 Å². The zero-order valence-electron chi connectivity index (χ0n) is 13.6. The van der Waals surface area contributed by atoms with Gasteiger partial charge in [-0.15, -0.1) is 0 Å². The molecule has 1 saturated heterocycles. The minimum Gasteiger partial charge on any atom is -0.454 e. The second kappa shape index (κ2) is 8.20. The zero-order chi connectivity index (χ0) is 17.8. The highest BCUT2D eigenvalue weighted by molar-refractivity contribution is 7.80. The average Bonchev–Trinajstić information content (AvgIpc) is 3.12. The van der Waals surface area contributed by atoms with Crippen molar-refractivity contribution in [2.24, 2.45) is 0 Å². The molecule has 130 valence electrons. The highest BCUT2D eigenvalue weighted by Gasteiger charge is 2.23. The number of nitrogens with one attached hydrogen (secondary N) is 1. The number of piperazine rings is 1.